The fourth-order valence-electron chi connectivity index (χ4n) is 0.838. The Morgan fingerprint density at radius 3 is 2.62 bits per heavy atom. The molecular weight excluding hydrogens is 164 g/mol. The first-order valence-corrected chi connectivity index (χ1v) is 4.63. The van der Waals surface area contributed by atoms with E-state index in [0.717, 1.165) is 6.42 Å². The summed E-state index contributed by atoms with van der Waals surface area (Å²) in [6.07, 6.45) is 2.45. The van der Waals surface area contributed by atoms with Gasteiger partial charge in [-0.1, -0.05) is 13.0 Å². The Kier molecular flexibility index (Phi) is 4.70. The van der Waals surface area contributed by atoms with Crippen molar-refractivity contribution in [1.29, 1.82) is 0 Å². The fourth-order valence-corrected chi connectivity index (χ4v) is 0.838. The first-order valence-electron chi connectivity index (χ1n) is 4.63. The maximum atomic E-state index is 11.7. The van der Waals surface area contributed by atoms with Crippen LogP contribution in [0, 0.1) is 5.41 Å². The van der Waals surface area contributed by atoms with E-state index >= 15 is 0 Å². The Morgan fingerprint density at radius 1 is 1.77 bits per heavy atom. The molecule has 3 nitrogen and oxygen atoms in total. The predicted molar refractivity (Wildman–Crippen MR) is 55.3 cm³/mol. The monoisotopic (exact) mass is 184 g/mol. The fraction of sp³-hybridized carbons (Fsp3) is 0.700. The summed E-state index contributed by atoms with van der Waals surface area (Å²) in [5.74, 6) is 0.00454. The molecule has 0 saturated heterocycles. The molecule has 0 heterocycles. The van der Waals surface area contributed by atoms with Crippen LogP contribution in [0.15, 0.2) is 12.7 Å². The van der Waals surface area contributed by atoms with Gasteiger partial charge in [-0.25, -0.2) is 0 Å². The van der Waals surface area contributed by atoms with Gasteiger partial charge in [0.25, 0.3) is 0 Å². The number of rotatable bonds is 5. The van der Waals surface area contributed by atoms with E-state index in [2.05, 4.69) is 11.9 Å². The van der Waals surface area contributed by atoms with Crippen LogP contribution in [0.2, 0.25) is 0 Å². The Bertz CT molecular complexity index is 185. The summed E-state index contributed by atoms with van der Waals surface area (Å²) in [4.78, 5) is 11.7. The van der Waals surface area contributed by atoms with Crippen molar-refractivity contribution in [3.05, 3.63) is 12.7 Å². The van der Waals surface area contributed by atoms with Gasteiger partial charge in [-0.05, 0) is 20.3 Å². The highest BCUT2D eigenvalue weighted by atomic mass is 16.2. The first kappa shape index (κ1) is 12.2. The molecule has 13 heavy (non-hydrogen) atoms. The molecule has 0 bridgehead atoms. The lowest BCUT2D eigenvalue weighted by Crippen LogP contribution is -2.46. The number of amides is 1. The second-order valence-corrected chi connectivity index (χ2v) is 3.62. The minimum atomic E-state index is -0.447. The molecule has 2 atom stereocenters. The molecule has 0 aliphatic rings. The van der Waals surface area contributed by atoms with Gasteiger partial charge in [0.15, 0.2) is 0 Å². The number of nitrogens with one attached hydrogen (secondary N) is 1. The zero-order chi connectivity index (χ0) is 10.5. The summed E-state index contributed by atoms with van der Waals surface area (Å²) in [5, 5.41) is 2.84. The number of nitrogens with two attached hydrogens (primary N) is 1. The Balaban J connectivity index is 4.30. The number of carbonyl (C=O) groups excluding carboxylic acids is 1. The van der Waals surface area contributed by atoms with Crippen molar-refractivity contribution in [3.63, 3.8) is 0 Å². The molecule has 0 aromatic heterocycles. The SMILES string of the molecule is C=CC(C)NC(=O)C(C)(CC)CN. The van der Waals surface area contributed by atoms with Crippen molar-refractivity contribution in [2.45, 2.75) is 33.2 Å². The quantitative estimate of drug-likeness (QED) is 0.627. The van der Waals surface area contributed by atoms with E-state index in [1.165, 1.54) is 0 Å². The summed E-state index contributed by atoms with van der Waals surface area (Å²) in [7, 11) is 0. The lowest BCUT2D eigenvalue weighted by molar-refractivity contribution is -0.130. The van der Waals surface area contributed by atoms with E-state index in [1.54, 1.807) is 6.08 Å². The number of hydrogen-bond donors (Lipinski definition) is 2. The molecule has 3 N–H and O–H groups in total. The molecule has 0 fully saturated rings. The first-order chi connectivity index (χ1) is 6.00. The van der Waals surface area contributed by atoms with Crippen LogP contribution in [0.3, 0.4) is 0 Å². The molecule has 0 rings (SSSR count). The van der Waals surface area contributed by atoms with Gasteiger partial charge < -0.3 is 11.1 Å². The van der Waals surface area contributed by atoms with Crippen LogP contribution < -0.4 is 11.1 Å². The summed E-state index contributed by atoms with van der Waals surface area (Å²) in [6, 6.07) is 0.00456. The van der Waals surface area contributed by atoms with Crippen molar-refractivity contribution in [3.8, 4) is 0 Å². The third-order valence-corrected chi connectivity index (χ3v) is 2.49. The summed E-state index contributed by atoms with van der Waals surface area (Å²) < 4.78 is 0. The number of carbonyl (C=O) groups is 1. The van der Waals surface area contributed by atoms with Gasteiger partial charge in [-0.3, -0.25) is 4.79 Å². The van der Waals surface area contributed by atoms with Crippen LogP contribution in [-0.4, -0.2) is 18.5 Å². The Hall–Kier alpha value is -0.830. The highest BCUT2D eigenvalue weighted by Gasteiger charge is 2.29. The lowest BCUT2D eigenvalue weighted by atomic mass is 9.86. The zero-order valence-corrected chi connectivity index (χ0v) is 8.76. The van der Waals surface area contributed by atoms with E-state index in [-0.39, 0.29) is 11.9 Å². The van der Waals surface area contributed by atoms with Crippen molar-refractivity contribution in [2.75, 3.05) is 6.54 Å². The standard InChI is InChI=1S/C10H20N2O/c1-5-8(3)12-9(13)10(4,6-2)7-11/h5,8H,1,6-7,11H2,2-4H3,(H,12,13). The summed E-state index contributed by atoms with van der Waals surface area (Å²) >= 11 is 0. The van der Waals surface area contributed by atoms with Crippen LogP contribution in [0.5, 0.6) is 0 Å². The molecule has 0 saturated carbocycles. The maximum Gasteiger partial charge on any atom is 0.227 e. The van der Waals surface area contributed by atoms with Crippen molar-refractivity contribution in [2.24, 2.45) is 11.1 Å². The predicted octanol–water partition coefficient (Wildman–Crippen LogP) is 1.05. The van der Waals surface area contributed by atoms with Gasteiger partial charge in [-0.2, -0.15) is 0 Å². The van der Waals surface area contributed by atoms with Gasteiger partial charge >= 0.3 is 0 Å². The van der Waals surface area contributed by atoms with Crippen LogP contribution in [-0.2, 0) is 4.79 Å². The highest BCUT2D eigenvalue weighted by molar-refractivity contribution is 5.82. The van der Waals surface area contributed by atoms with Gasteiger partial charge in [0.2, 0.25) is 5.91 Å². The second-order valence-electron chi connectivity index (χ2n) is 3.62. The van der Waals surface area contributed by atoms with Crippen molar-refractivity contribution >= 4 is 5.91 Å². The van der Waals surface area contributed by atoms with Gasteiger partial charge in [0.05, 0.1) is 5.41 Å². The van der Waals surface area contributed by atoms with Gasteiger partial charge in [0.1, 0.15) is 0 Å². The second kappa shape index (κ2) is 5.02. The van der Waals surface area contributed by atoms with Crippen LogP contribution in [0.1, 0.15) is 27.2 Å². The highest BCUT2D eigenvalue weighted by Crippen LogP contribution is 2.19. The van der Waals surface area contributed by atoms with Crippen molar-refractivity contribution < 1.29 is 4.79 Å². The minimum absolute atomic E-state index is 0.00454. The molecule has 0 spiro atoms. The third-order valence-electron chi connectivity index (χ3n) is 2.49. The smallest absolute Gasteiger partial charge is 0.227 e. The van der Waals surface area contributed by atoms with Gasteiger partial charge in [-0.15, -0.1) is 6.58 Å². The van der Waals surface area contributed by atoms with E-state index in [9.17, 15) is 4.79 Å². The average Bonchev–Trinajstić information content (AvgIpc) is 2.16. The minimum Gasteiger partial charge on any atom is -0.350 e. The molecule has 0 aliphatic carbocycles. The van der Waals surface area contributed by atoms with E-state index in [0.29, 0.717) is 6.54 Å². The molecule has 0 aromatic carbocycles. The molecular formula is C10H20N2O. The molecule has 0 aliphatic heterocycles. The normalized spacial score (nSPS) is 17.2. The Labute approximate surface area is 80.4 Å². The lowest BCUT2D eigenvalue weighted by Gasteiger charge is -2.26. The van der Waals surface area contributed by atoms with Crippen LogP contribution in [0.4, 0.5) is 0 Å². The largest absolute Gasteiger partial charge is 0.350 e. The Morgan fingerprint density at radius 2 is 2.31 bits per heavy atom. The third kappa shape index (κ3) is 3.19. The molecule has 3 heteroatoms. The topological polar surface area (TPSA) is 55.1 Å². The van der Waals surface area contributed by atoms with Crippen LogP contribution >= 0.6 is 0 Å². The zero-order valence-electron chi connectivity index (χ0n) is 8.76. The van der Waals surface area contributed by atoms with E-state index in [1.807, 2.05) is 20.8 Å². The number of hydrogen-bond acceptors (Lipinski definition) is 2. The average molecular weight is 184 g/mol. The molecule has 2 unspecified atom stereocenters. The summed E-state index contributed by atoms with van der Waals surface area (Å²) in [6.45, 7) is 9.70. The molecule has 0 aromatic rings. The van der Waals surface area contributed by atoms with E-state index in [4.69, 9.17) is 5.73 Å². The summed E-state index contributed by atoms with van der Waals surface area (Å²) in [5.41, 5.74) is 5.10. The molecule has 1 amide bonds. The maximum absolute atomic E-state index is 11.7. The van der Waals surface area contributed by atoms with Gasteiger partial charge in [0, 0.05) is 12.6 Å². The molecule has 0 radical (unpaired) electrons. The van der Waals surface area contributed by atoms with E-state index < -0.39 is 5.41 Å². The van der Waals surface area contributed by atoms with Crippen LogP contribution in [0.25, 0.3) is 0 Å². The van der Waals surface area contributed by atoms with Crippen molar-refractivity contribution in [1.82, 2.24) is 5.32 Å². The molecule has 76 valence electrons.